The molecule has 1 N–H and O–H groups in total. The van der Waals surface area contributed by atoms with Gasteiger partial charge in [0.1, 0.15) is 17.3 Å². The van der Waals surface area contributed by atoms with Gasteiger partial charge in [0, 0.05) is 4.47 Å². The van der Waals surface area contributed by atoms with Gasteiger partial charge in [-0.05, 0) is 53.2 Å². The third-order valence-electron chi connectivity index (χ3n) is 2.54. The number of ether oxygens (including phenoxy) is 1. The average Bonchev–Trinajstić information content (AvgIpc) is 2.32. The molecule has 0 saturated heterocycles. The maximum Gasteiger partial charge on any atom is 0.141 e. The minimum Gasteiger partial charge on any atom is -0.456 e. The van der Waals surface area contributed by atoms with Crippen molar-refractivity contribution in [3.05, 3.63) is 56.7 Å². The number of hydrogen-bond donors (Lipinski definition) is 1. The SMILES string of the molecule is C[C@@H](O)c1c(F)cccc1Oc1ccc(Br)cc1Br. The lowest BCUT2D eigenvalue weighted by atomic mass is 10.1. The van der Waals surface area contributed by atoms with Crippen LogP contribution in [0.3, 0.4) is 0 Å². The molecule has 0 fully saturated rings. The summed E-state index contributed by atoms with van der Waals surface area (Å²) in [4.78, 5) is 0. The molecule has 0 amide bonds. The third kappa shape index (κ3) is 3.35. The van der Waals surface area contributed by atoms with Gasteiger partial charge in [-0.3, -0.25) is 0 Å². The first-order valence-electron chi connectivity index (χ1n) is 5.58. The molecule has 2 aromatic carbocycles. The molecule has 1 atom stereocenters. The summed E-state index contributed by atoms with van der Waals surface area (Å²) in [5.41, 5.74) is 0.150. The molecule has 0 bridgehead atoms. The molecular weight excluding hydrogens is 379 g/mol. The summed E-state index contributed by atoms with van der Waals surface area (Å²) in [5.74, 6) is 0.370. The normalized spacial score (nSPS) is 12.3. The van der Waals surface area contributed by atoms with Gasteiger partial charge in [0.2, 0.25) is 0 Å². The fourth-order valence-electron chi connectivity index (χ4n) is 1.69. The molecule has 2 rings (SSSR count). The number of aliphatic hydroxyl groups is 1. The summed E-state index contributed by atoms with van der Waals surface area (Å²) < 4.78 is 21.0. The van der Waals surface area contributed by atoms with E-state index in [9.17, 15) is 9.50 Å². The van der Waals surface area contributed by atoms with Crippen molar-refractivity contribution >= 4 is 31.9 Å². The second-order valence-electron chi connectivity index (χ2n) is 4.00. The smallest absolute Gasteiger partial charge is 0.141 e. The molecule has 0 aliphatic carbocycles. The predicted octanol–water partition coefficient (Wildman–Crippen LogP) is 5.20. The molecule has 2 aromatic rings. The number of hydrogen-bond acceptors (Lipinski definition) is 2. The van der Waals surface area contributed by atoms with E-state index >= 15 is 0 Å². The third-order valence-corrected chi connectivity index (χ3v) is 3.66. The Bertz CT molecular complexity index is 600. The molecule has 100 valence electrons. The molecule has 2 nitrogen and oxygen atoms in total. The van der Waals surface area contributed by atoms with Crippen LogP contribution in [-0.4, -0.2) is 5.11 Å². The number of halogens is 3. The Balaban J connectivity index is 2.41. The first-order chi connectivity index (χ1) is 8.99. The summed E-state index contributed by atoms with van der Waals surface area (Å²) in [6.45, 7) is 1.50. The van der Waals surface area contributed by atoms with Crippen LogP contribution in [0.5, 0.6) is 11.5 Å². The summed E-state index contributed by atoms with van der Waals surface area (Å²) >= 11 is 6.72. The maximum absolute atomic E-state index is 13.7. The Morgan fingerprint density at radius 1 is 1.16 bits per heavy atom. The lowest BCUT2D eigenvalue weighted by Gasteiger charge is -2.14. The van der Waals surface area contributed by atoms with Crippen molar-refractivity contribution < 1.29 is 14.2 Å². The molecular formula is C14H11Br2FO2. The molecule has 19 heavy (non-hydrogen) atoms. The summed E-state index contributed by atoms with van der Waals surface area (Å²) in [5, 5.41) is 9.64. The van der Waals surface area contributed by atoms with Gasteiger partial charge in [-0.1, -0.05) is 22.0 Å². The minimum atomic E-state index is -0.939. The highest BCUT2D eigenvalue weighted by Crippen LogP contribution is 2.36. The van der Waals surface area contributed by atoms with Gasteiger partial charge in [0.05, 0.1) is 16.1 Å². The Kier molecular flexibility index (Phi) is 4.60. The highest BCUT2D eigenvalue weighted by molar-refractivity contribution is 9.11. The quantitative estimate of drug-likeness (QED) is 0.781. The highest BCUT2D eigenvalue weighted by Gasteiger charge is 2.16. The first-order valence-corrected chi connectivity index (χ1v) is 7.17. The van der Waals surface area contributed by atoms with Crippen LogP contribution in [0.1, 0.15) is 18.6 Å². The van der Waals surface area contributed by atoms with E-state index < -0.39 is 11.9 Å². The van der Waals surface area contributed by atoms with Gasteiger partial charge < -0.3 is 9.84 Å². The van der Waals surface area contributed by atoms with Crippen molar-refractivity contribution in [2.75, 3.05) is 0 Å². The molecule has 5 heteroatoms. The van der Waals surface area contributed by atoms with Crippen LogP contribution in [0.4, 0.5) is 4.39 Å². The Labute approximate surface area is 127 Å². The van der Waals surface area contributed by atoms with Crippen LogP contribution in [0, 0.1) is 5.82 Å². The zero-order chi connectivity index (χ0) is 14.0. The van der Waals surface area contributed by atoms with Crippen molar-refractivity contribution in [2.45, 2.75) is 13.0 Å². The minimum absolute atomic E-state index is 0.150. The summed E-state index contributed by atoms with van der Waals surface area (Å²) in [6.07, 6.45) is -0.939. The molecule has 0 unspecified atom stereocenters. The fourth-order valence-corrected chi connectivity index (χ4v) is 2.82. The molecule has 0 aliphatic heterocycles. The first kappa shape index (κ1) is 14.5. The fraction of sp³-hybridized carbons (Fsp3) is 0.143. The van der Waals surface area contributed by atoms with Crippen LogP contribution < -0.4 is 4.74 Å². The van der Waals surface area contributed by atoms with E-state index in [1.165, 1.54) is 13.0 Å². The Morgan fingerprint density at radius 2 is 1.89 bits per heavy atom. The van der Waals surface area contributed by atoms with Gasteiger partial charge in [-0.15, -0.1) is 0 Å². The van der Waals surface area contributed by atoms with E-state index in [0.29, 0.717) is 11.5 Å². The van der Waals surface area contributed by atoms with Crippen molar-refractivity contribution in [1.29, 1.82) is 0 Å². The van der Waals surface area contributed by atoms with Crippen molar-refractivity contribution in [3.63, 3.8) is 0 Å². The van der Waals surface area contributed by atoms with Crippen LogP contribution in [-0.2, 0) is 0 Å². The van der Waals surface area contributed by atoms with Crippen LogP contribution in [0.2, 0.25) is 0 Å². The van der Waals surface area contributed by atoms with Gasteiger partial charge in [0.15, 0.2) is 0 Å². The van der Waals surface area contributed by atoms with Crippen molar-refractivity contribution in [2.24, 2.45) is 0 Å². The second kappa shape index (κ2) is 6.03. The van der Waals surface area contributed by atoms with Crippen molar-refractivity contribution in [3.8, 4) is 11.5 Å². The van der Waals surface area contributed by atoms with E-state index in [4.69, 9.17) is 4.74 Å². The number of aliphatic hydroxyl groups excluding tert-OH is 1. The lowest BCUT2D eigenvalue weighted by Crippen LogP contribution is -2.00. The molecule has 0 spiro atoms. The molecule has 0 aromatic heterocycles. The topological polar surface area (TPSA) is 29.5 Å². The highest BCUT2D eigenvalue weighted by atomic mass is 79.9. The monoisotopic (exact) mass is 388 g/mol. The second-order valence-corrected chi connectivity index (χ2v) is 5.77. The largest absolute Gasteiger partial charge is 0.456 e. The van der Waals surface area contributed by atoms with E-state index in [-0.39, 0.29) is 5.56 Å². The molecule has 0 saturated carbocycles. The Hall–Kier alpha value is -0.910. The van der Waals surface area contributed by atoms with Crippen LogP contribution >= 0.6 is 31.9 Å². The predicted molar refractivity (Wildman–Crippen MR) is 78.9 cm³/mol. The average molecular weight is 390 g/mol. The van der Waals surface area contributed by atoms with Crippen LogP contribution in [0.25, 0.3) is 0 Å². The van der Waals surface area contributed by atoms with E-state index in [2.05, 4.69) is 31.9 Å². The summed E-state index contributed by atoms with van der Waals surface area (Å²) in [7, 11) is 0. The van der Waals surface area contributed by atoms with E-state index in [1.807, 2.05) is 12.1 Å². The Morgan fingerprint density at radius 3 is 2.53 bits per heavy atom. The van der Waals surface area contributed by atoms with Crippen LogP contribution in [0.15, 0.2) is 45.3 Å². The zero-order valence-corrected chi connectivity index (χ0v) is 13.2. The standard InChI is InChI=1S/C14H11Br2FO2/c1-8(18)14-11(17)3-2-4-13(14)19-12-6-5-9(15)7-10(12)16/h2-8,18H,1H3/t8-/m1/s1. The lowest BCUT2D eigenvalue weighted by molar-refractivity contribution is 0.190. The molecule has 0 radical (unpaired) electrons. The molecule has 0 aliphatic rings. The zero-order valence-electron chi connectivity index (χ0n) is 10.0. The van der Waals surface area contributed by atoms with Crippen molar-refractivity contribution in [1.82, 2.24) is 0 Å². The molecule has 0 heterocycles. The number of rotatable bonds is 3. The van der Waals surface area contributed by atoms with E-state index in [1.54, 1.807) is 18.2 Å². The van der Waals surface area contributed by atoms with E-state index in [0.717, 1.165) is 8.95 Å². The number of benzene rings is 2. The van der Waals surface area contributed by atoms with Gasteiger partial charge in [-0.25, -0.2) is 4.39 Å². The van der Waals surface area contributed by atoms with Gasteiger partial charge in [0.25, 0.3) is 0 Å². The van der Waals surface area contributed by atoms with Gasteiger partial charge in [-0.2, -0.15) is 0 Å². The maximum atomic E-state index is 13.7. The van der Waals surface area contributed by atoms with Gasteiger partial charge >= 0.3 is 0 Å². The summed E-state index contributed by atoms with van der Waals surface area (Å²) in [6, 6.07) is 9.87.